The van der Waals surface area contributed by atoms with Gasteiger partial charge < -0.3 is 19.9 Å². The van der Waals surface area contributed by atoms with E-state index in [1.165, 1.54) is 13.3 Å². The molecule has 2 N–H and O–H groups in total. The molecule has 0 saturated carbocycles. The minimum Gasteiger partial charge on any atom is -0.465 e. The molecule has 3 heterocycles. The van der Waals surface area contributed by atoms with Crippen molar-refractivity contribution < 1.29 is 18.7 Å². The van der Waals surface area contributed by atoms with Gasteiger partial charge in [0, 0.05) is 12.2 Å². The average molecular weight is 435 g/mol. The molecule has 3 rings (SSSR count). The van der Waals surface area contributed by atoms with Crippen LogP contribution in [0.4, 0.5) is 9.52 Å². The maximum absolute atomic E-state index is 14.6. The summed E-state index contributed by atoms with van der Waals surface area (Å²) in [4.78, 5) is 33.0. The summed E-state index contributed by atoms with van der Waals surface area (Å²) >= 11 is 13.1. The summed E-state index contributed by atoms with van der Waals surface area (Å²) in [5.74, 6) is -0.979. The Morgan fingerprint density at radius 1 is 1.44 bits per heavy atom. The van der Waals surface area contributed by atoms with Crippen LogP contribution in [0.1, 0.15) is 32.3 Å². The molecule has 1 fully saturated rings. The molecule has 2 atom stereocenters. The molecule has 2 aromatic rings. The first-order chi connectivity index (χ1) is 12.8. The van der Waals surface area contributed by atoms with Crippen LogP contribution in [0.15, 0.2) is 6.20 Å². The van der Waals surface area contributed by atoms with Gasteiger partial charge in [0.15, 0.2) is 5.13 Å². The molecule has 146 valence electrons. The number of nitrogens with zero attached hydrogens (tertiary/aromatic N) is 2. The molecule has 0 bridgehead atoms. The minimum absolute atomic E-state index is 0.0529. The second kappa shape index (κ2) is 8.04. The molecule has 1 amide bonds. The molecular formula is C16H17Cl2FN4O3S. The summed E-state index contributed by atoms with van der Waals surface area (Å²) in [6.07, 6.45) is 0.482. The van der Waals surface area contributed by atoms with Crippen LogP contribution < -0.4 is 10.2 Å². The fourth-order valence-corrected chi connectivity index (χ4v) is 4.10. The maximum atomic E-state index is 14.6. The van der Waals surface area contributed by atoms with Crippen LogP contribution in [-0.2, 0) is 4.74 Å². The number of halogens is 3. The number of carbonyl (C=O) groups is 2. The maximum Gasteiger partial charge on any atom is 0.349 e. The number of hydrogen-bond acceptors (Lipinski definition) is 6. The van der Waals surface area contributed by atoms with Crippen molar-refractivity contribution in [2.24, 2.45) is 0 Å². The zero-order valence-corrected chi connectivity index (χ0v) is 16.8. The molecule has 7 nitrogen and oxygen atoms in total. The van der Waals surface area contributed by atoms with Gasteiger partial charge in [-0.1, -0.05) is 34.5 Å². The summed E-state index contributed by atoms with van der Waals surface area (Å²) < 4.78 is 19.3. The van der Waals surface area contributed by atoms with Crippen molar-refractivity contribution in [3.05, 3.63) is 32.5 Å². The Bertz CT molecular complexity index is 872. The van der Waals surface area contributed by atoms with Crippen LogP contribution in [0, 0.1) is 6.92 Å². The quantitative estimate of drug-likeness (QED) is 0.721. The topological polar surface area (TPSA) is 87.3 Å². The van der Waals surface area contributed by atoms with Crippen molar-refractivity contribution in [3.8, 4) is 0 Å². The van der Waals surface area contributed by atoms with Gasteiger partial charge >= 0.3 is 5.97 Å². The number of esters is 1. The number of ether oxygens (including phenoxy) is 1. The van der Waals surface area contributed by atoms with E-state index in [1.807, 2.05) is 0 Å². The molecule has 11 heteroatoms. The predicted molar refractivity (Wildman–Crippen MR) is 102 cm³/mol. The smallest absolute Gasteiger partial charge is 0.349 e. The Hall–Kier alpha value is -1.84. The van der Waals surface area contributed by atoms with Crippen LogP contribution in [0.2, 0.25) is 10.0 Å². The highest BCUT2D eigenvalue weighted by atomic mass is 35.5. The van der Waals surface area contributed by atoms with Gasteiger partial charge in [-0.05, 0) is 13.3 Å². The number of methoxy groups -OCH3 is 1. The lowest BCUT2D eigenvalue weighted by atomic mass is 10.0. The average Bonchev–Trinajstić information content (AvgIpc) is 3.24. The van der Waals surface area contributed by atoms with E-state index < -0.39 is 24.1 Å². The fourth-order valence-electron chi connectivity index (χ4n) is 2.82. The van der Waals surface area contributed by atoms with E-state index in [0.717, 1.165) is 11.3 Å². The Morgan fingerprint density at radius 2 is 2.19 bits per heavy atom. The van der Waals surface area contributed by atoms with Crippen molar-refractivity contribution in [2.75, 3.05) is 25.1 Å². The number of alkyl halides is 1. The molecule has 27 heavy (non-hydrogen) atoms. The first kappa shape index (κ1) is 19.9. The van der Waals surface area contributed by atoms with Crippen LogP contribution in [-0.4, -0.2) is 54.3 Å². The SMILES string of the molecule is COC(=O)c1cnc(N2CC[C@H](NC(=O)c3[nH]c(C)c(Cl)c3Cl)[C@H](F)C2)s1. The number of H-pyrrole nitrogens is 1. The standard InChI is InChI=1S/C16H17Cl2FN4O3S/c1-7-11(17)12(18)13(21-7)14(24)22-9-3-4-23(6-8(9)19)16-20-5-10(27-16)15(25)26-2/h5,8-9,21H,3-4,6H2,1-2H3,(H,22,24)/t8-,9+/m1/s1. The normalized spacial score (nSPS) is 19.8. The van der Waals surface area contributed by atoms with Crippen molar-refractivity contribution in [3.63, 3.8) is 0 Å². The van der Waals surface area contributed by atoms with E-state index in [4.69, 9.17) is 23.2 Å². The van der Waals surface area contributed by atoms with Gasteiger partial charge in [-0.2, -0.15) is 0 Å². The number of thiazole rings is 1. The molecule has 2 aromatic heterocycles. The van der Waals surface area contributed by atoms with E-state index >= 15 is 0 Å². The number of piperidine rings is 1. The van der Waals surface area contributed by atoms with Crippen molar-refractivity contribution >= 4 is 51.5 Å². The second-order valence-electron chi connectivity index (χ2n) is 6.08. The molecule has 1 aliphatic heterocycles. The van der Waals surface area contributed by atoms with Crippen LogP contribution in [0.25, 0.3) is 0 Å². The molecule has 0 spiro atoms. The Balaban J connectivity index is 1.63. The van der Waals surface area contributed by atoms with Gasteiger partial charge in [-0.3, -0.25) is 4.79 Å². The van der Waals surface area contributed by atoms with E-state index in [0.29, 0.717) is 28.7 Å². The third kappa shape index (κ3) is 4.04. The number of hydrogen-bond donors (Lipinski definition) is 2. The van der Waals surface area contributed by atoms with Gasteiger partial charge in [0.1, 0.15) is 16.7 Å². The fraction of sp³-hybridized carbons (Fsp3) is 0.438. The molecule has 0 aromatic carbocycles. The molecule has 1 saturated heterocycles. The first-order valence-electron chi connectivity index (χ1n) is 8.09. The monoisotopic (exact) mass is 434 g/mol. The number of rotatable bonds is 4. The van der Waals surface area contributed by atoms with Gasteiger partial charge in [0.2, 0.25) is 0 Å². The van der Waals surface area contributed by atoms with Gasteiger partial charge in [0.25, 0.3) is 5.91 Å². The Kier molecular flexibility index (Phi) is 5.92. The van der Waals surface area contributed by atoms with E-state index in [2.05, 4.69) is 20.0 Å². The predicted octanol–water partition coefficient (Wildman–Crippen LogP) is 3.22. The van der Waals surface area contributed by atoms with E-state index in [9.17, 15) is 14.0 Å². The second-order valence-corrected chi connectivity index (χ2v) is 7.85. The summed E-state index contributed by atoms with van der Waals surface area (Å²) in [7, 11) is 1.29. The van der Waals surface area contributed by atoms with Crippen molar-refractivity contribution in [1.29, 1.82) is 0 Å². The minimum atomic E-state index is -1.31. The lowest BCUT2D eigenvalue weighted by Gasteiger charge is -2.34. The molecule has 0 aliphatic carbocycles. The van der Waals surface area contributed by atoms with Crippen LogP contribution in [0.3, 0.4) is 0 Å². The number of carbonyl (C=O) groups excluding carboxylic acids is 2. The number of aromatic nitrogens is 2. The van der Waals surface area contributed by atoms with Gasteiger partial charge in [-0.15, -0.1) is 0 Å². The zero-order valence-electron chi connectivity index (χ0n) is 14.5. The Morgan fingerprint density at radius 3 is 2.78 bits per heavy atom. The number of aryl methyl sites for hydroxylation is 1. The first-order valence-corrected chi connectivity index (χ1v) is 9.66. The van der Waals surface area contributed by atoms with Crippen molar-refractivity contribution in [2.45, 2.75) is 25.6 Å². The molecule has 0 radical (unpaired) electrons. The largest absolute Gasteiger partial charge is 0.465 e. The lowest BCUT2D eigenvalue weighted by molar-refractivity contribution is 0.0606. The Labute approximate surface area is 168 Å². The third-order valence-corrected chi connectivity index (χ3v) is 6.27. The highest BCUT2D eigenvalue weighted by molar-refractivity contribution is 7.17. The van der Waals surface area contributed by atoms with Crippen LogP contribution >= 0.6 is 34.5 Å². The van der Waals surface area contributed by atoms with Gasteiger partial charge in [0.05, 0.1) is 35.9 Å². The lowest BCUT2D eigenvalue weighted by Crippen LogP contribution is -2.52. The zero-order chi connectivity index (χ0) is 19.7. The molecular weight excluding hydrogens is 418 g/mol. The molecule has 1 aliphatic rings. The van der Waals surface area contributed by atoms with Crippen molar-refractivity contribution in [1.82, 2.24) is 15.3 Å². The highest BCUT2D eigenvalue weighted by Gasteiger charge is 2.33. The molecule has 0 unspecified atom stereocenters. The summed E-state index contributed by atoms with van der Waals surface area (Å²) in [5.41, 5.74) is 0.694. The highest BCUT2D eigenvalue weighted by Crippen LogP contribution is 2.30. The summed E-state index contributed by atoms with van der Waals surface area (Å²) in [5, 5.41) is 3.60. The number of aromatic amines is 1. The number of nitrogens with one attached hydrogen (secondary N) is 2. The van der Waals surface area contributed by atoms with Gasteiger partial charge in [-0.25, -0.2) is 14.2 Å². The van der Waals surface area contributed by atoms with E-state index in [1.54, 1.807) is 11.8 Å². The summed E-state index contributed by atoms with van der Waals surface area (Å²) in [6, 6.07) is -0.660. The number of amides is 1. The third-order valence-electron chi connectivity index (χ3n) is 4.29. The number of anilines is 1. The van der Waals surface area contributed by atoms with E-state index in [-0.39, 0.29) is 22.3 Å². The van der Waals surface area contributed by atoms with Crippen LogP contribution in [0.5, 0.6) is 0 Å². The summed E-state index contributed by atoms with van der Waals surface area (Å²) in [6.45, 7) is 2.23.